The van der Waals surface area contributed by atoms with Gasteiger partial charge in [0.2, 0.25) is 0 Å². The number of hydrogen-bond donors (Lipinski definition) is 2. The van der Waals surface area contributed by atoms with Crippen molar-refractivity contribution in [2.75, 3.05) is 6.26 Å². The van der Waals surface area contributed by atoms with Gasteiger partial charge >= 0.3 is 0 Å². The number of hydrogen-bond acceptors (Lipinski definition) is 5. The average molecular weight is 370 g/mol. The molecule has 0 spiro atoms. The second kappa shape index (κ2) is 7.49. The van der Waals surface area contributed by atoms with E-state index in [2.05, 4.69) is 15.8 Å². The lowest BCUT2D eigenvalue weighted by Crippen LogP contribution is -2.41. The molecule has 0 unspecified atom stereocenters. The van der Waals surface area contributed by atoms with Crippen molar-refractivity contribution in [2.24, 2.45) is 0 Å². The molecule has 8 heteroatoms. The molecule has 0 radical (unpaired) electrons. The third kappa shape index (κ3) is 3.65. The average Bonchev–Trinajstić information content (AvgIpc) is 3.25. The molecule has 1 aromatic carbocycles. The number of benzene rings is 1. The second-order valence-electron chi connectivity index (χ2n) is 5.57. The smallest absolute Gasteiger partial charge is 0.273 e. The highest BCUT2D eigenvalue weighted by Gasteiger charge is 2.15. The summed E-state index contributed by atoms with van der Waals surface area (Å²) in [4.78, 5) is 28.8. The molecule has 0 aliphatic rings. The van der Waals surface area contributed by atoms with Gasteiger partial charge in [-0.05, 0) is 44.4 Å². The van der Waals surface area contributed by atoms with Crippen LogP contribution >= 0.6 is 11.8 Å². The van der Waals surface area contributed by atoms with Crippen molar-refractivity contribution >= 4 is 23.6 Å². The number of carbonyl (C=O) groups excluding carboxylic acids is 2. The summed E-state index contributed by atoms with van der Waals surface area (Å²) in [5, 5.41) is 0.821. The van der Waals surface area contributed by atoms with E-state index in [0.29, 0.717) is 22.6 Å². The van der Waals surface area contributed by atoms with Crippen molar-refractivity contribution in [3.05, 3.63) is 65.4 Å². The molecule has 26 heavy (non-hydrogen) atoms. The summed E-state index contributed by atoms with van der Waals surface area (Å²) in [6.45, 7) is 3.45. The summed E-state index contributed by atoms with van der Waals surface area (Å²) >= 11 is 1.51. The Hall–Kier alpha value is -3.00. The predicted molar refractivity (Wildman–Crippen MR) is 98.5 cm³/mol. The minimum absolute atomic E-state index is 0.388. The van der Waals surface area contributed by atoms with Crippen LogP contribution in [0.2, 0.25) is 0 Å². The maximum atomic E-state index is 12.4. The van der Waals surface area contributed by atoms with Crippen molar-refractivity contribution in [3.8, 4) is 5.69 Å². The zero-order valence-corrected chi connectivity index (χ0v) is 15.4. The van der Waals surface area contributed by atoms with Crippen molar-refractivity contribution in [1.82, 2.24) is 20.4 Å². The van der Waals surface area contributed by atoms with Crippen LogP contribution in [0.5, 0.6) is 0 Å². The van der Waals surface area contributed by atoms with Crippen LogP contribution in [0.15, 0.2) is 52.3 Å². The summed E-state index contributed by atoms with van der Waals surface area (Å²) < 4.78 is 7.21. The monoisotopic (exact) mass is 370 g/mol. The van der Waals surface area contributed by atoms with E-state index in [1.807, 2.05) is 23.1 Å². The molecule has 2 N–H and O–H groups in total. The molecule has 2 aromatic heterocycles. The van der Waals surface area contributed by atoms with Gasteiger partial charge in [0.25, 0.3) is 11.8 Å². The lowest BCUT2D eigenvalue weighted by molar-refractivity contribution is 0.0845. The maximum absolute atomic E-state index is 12.4. The van der Waals surface area contributed by atoms with E-state index in [4.69, 9.17) is 4.42 Å². The number of furan rings is 1. The van der Waals surface area contributed by atoms with E-state index >= 15 is 0 Å². The van der Waals surface area contributed by atoms with Crippen LogP contribution in [-0.2, 0) is 0 Å². The fourth-order valence-electron chi connectivity index (χ4n) is 2.54. The summed E-state index contributed by atoms with van der Waals surface area (Å²) in [7, 11) is 0. The first-order chi connectivity index (χ1) is 12.5. The van der Waals surface area contributed by atoms with Crippen LogP contribution in [0.1, 0.15) is 32.2 Å². The van der Waals surface area contributed by atoms with Gasteiger partial charge in [-0.1, -0.05) is 17.8 Å². The lowest BCUT2D eigenvalue weighted by atomic mass is 10.2. The van der Waals surface area contributed by atoms with E-state index in [9.17, 15) is 9.59 Å². The molecule has 3 rings (SSSR count). The third-order valence-electron chi connectivity index (χ3n) is 3.75. The summed E-state index contributed by atoms with van der Waals surface area (Å²) in [5.74, 6) is 0.296. The molecular formula is C18H18N4O3S. The first kappa shape index (κ1) is 17.8. The minimum Gasteiger partial charge on any atom is -0.466 e. The fraction of sp³-hybridized carbons (Fsp3) is 0.167. The highest BCUT2D eigenvalue weighted by Crippen LogP contribution is 2.19. The Kier molecular flexibility index (Phi) is 5.13. The number of nitrogens with one attached hydrogen (secondary N) is 2. The zero-order chi connectivity index (χ0) is 18.7. The van der Waals surface area contributed by atoms with Crippen molar-refractivity contribution < 1.29 is 14.0 Å². The number of imidazole rings is 1. The quantitative estimate of drug-likeness (QED) is 0.544. The van der Waals surface area contributed by atoms with Crippen molar-refractivity contribution in [3.63, 3.8) is 0 Å². The molecule has 134 valence electrons. The van der Waals surface area contributed by atoms with Crippen molar-refractivity contribution in [1.29, 1.82) is 0 Å². The molecule has 0 fully saturated rings. The van der Waals surface area contributed by atoms with Gasteiger partial charge in [0.1, 0.15) is 11.5 Å². The van der Waals surface area contributed by atoms with Crippen LogP contribution in [0, 0.1) is 13.8 Å². The Morgan fingerprint density at radius 3 is 2.62 bits per heavy atom. The molecule has 0 bridgehead atoms. The Balaban J connectivity index is 1.71. The van der Waals surface area contributed by atoms with Crippen LogP contribution in [0.25, 0.3) is 5.69 Å². The normalized spacial score (nSPS) is 10.6. The first-order valence-corrected chi connectivity index (χ1v) is 9.07. The Bertz CT molecular complexity index is 961. The van der Waals surface area contributed by atoms with Gasteiger partial charge < -0.3 is 4.42 Å². The molecule has 2 heterocycles. The van der Waals surface area contributed by atoms with Gasteiger partial charge in [-0.3, -0.25) is 25.0 Å². The van der Waals surface area contributed by atoms with Crippen LogP contribution in [0.3, 0.4) is 0 Å². The molecule has 2 amide bonds. The predicted octanol–water partition coefficient (Wildman–Crippen LogP) is 2.88. The number of amides is 2. The molecule has 7 nitrogen and oxygen atoms in total. The van der Waals surface area contributed by atoms with Gasteiger partial charge in [0.15, 0.2) is 5.16 Å². The van der Waals surface area contributed by atoms with Crippen LogP contribution in [-0.4, -0.2) is 27.6 Å². The standard InChI is InChI=1S/C18H18N4O3S/c1-11-9-15(12(2)25-11)17(24)21-20-16(23)13-5-4-6-14(10-13)22-8-7-19-18(22)26-3/h4-10H,1-3H3,(H,20,23)(H,21,24). The van der Waals surface area contributed by atoms with E-state index in [1.165, 1.54) is 11.8 Å². The second-order valence-corrected chi connectivity index (χ2v) is 6.34. The zero-order valence-electron chi connectivity index (χ0n) is 14.6. The number of rotatable bonds is 4. The summed E-state index contributed by atoms with van der Waals surface area (Å²) in [6.07, 6.45) is 5.47. The molecule has 0 saturated heterocycles. The van der Waals surface area contributed by atoms with E-state index < -0.39 is 11.8 Å². The third-order valence-corrected chi connectivity index (χ3v) is 4.42. The number of aromatic nitrogens is 2. The number of aryl methyl sites for hydroxylation is 2. The molecule has 0 aliphatic carbocycles. The molecular weight excluding hydrogens is 352 g/mol. The molecule has 0 aliphatic heterocycles. The summed E-state index contributed by atoms with van der Waals surface area (Å²) in [5.41, 5.74) is 6.45. The van der Waals surface area contributed by atoms with E-state index in [1.54, 1.807) is 44.3 Å². The van der Waals surface area contributed by atoms with Gasteiger partial charge in [-0.25, -0.2) is 4.98 Å². The number of thioether (sulfide) groups is 1. The topological polar surface area (TPSA) is 89.2 Å². The fourth-order valence-corrected chi connectivity index (χ4v) is 3.07. The Labute approximate surface area is 154 Å². The van der Waals surface area contributed by atoms with Gasteiger partial charge in [-0.15, -0.1) is 0 Å². The van der Waals surface area contributed by atoms with E-state index in [0.717, 1.165) is 10.8 Å². The maximum Gasteiger partial charge on any atom is 0.273 e. The van der Waals surface area contributed by atoms with Crippen LogP contribution in [0.4, 0.5) is 0 Å². The van der Waals surface area contributed by atoms with Gasteiger partial charge in [0.05, 0.1) is 5.56 Å². The Morgan fingerprint density at radius 2 is 1.92 bits per heavy atom. The first-order valence-electron chi connectivity index (χ1n) is 7.85. The molecule has 0 saturated carbocycles. The molecule has 0 atom stereocenters. The van der Waals surface area contributed by atoms with E-state index in [-0.39, 0.29) is 0 Å². The minimum atomic E-state index is -0.428. The highest BCUT2D eigenvalue weighted by atomic mass is 32.2. The van der Waals surface area contributed by atoms with Gasteiger partial charge in [0, 0.05) is 23.6 Å². The molecule has 3 aromatic rings. The largest absolute Gasteiger partial charge is 0.466 e. The van der Waals surface area contributed by atoms with Gasteiger partial charge in [-0.2, -0.15) is 0 Å². The summed E-state index contributed by atoms with van der Waals surface area (Å²) in [6, 6.07) is 8.69. The lowest BCUT2D eigenvalue weighted by Gasteiger charge is -2.10. The Morgan fingerprint density at radius 1 is 1.15 bits per heavy atom. The SMILES string of the molecule is CSc1nccn1-c1cccc(C(=O)NNC(=O)c2cc(C)oc2C)c1. The van der Waals surface area contributed by atoms with Crippen molar-refractivity contribution in [2.45, 2.75) is 19.0 Å². The van der Waals surface area contributed by atoms with Crippen LogP contribution < -0.4 is 10.9 Å². The highest BCUT2D eigenvalue weighted by molar-refractivity contribution is 7.98. The number of hydrazine groups is 1. The number of carbonyl (C=O) groups is 2. The number of nitrogens with zero attached hydrogens (tertiary/aromatic N) is 2.